The van der Waals surface area contributed by atoms with E-state index >= 15 is 0 Å². The molecule has 0 saturated carbocycles. The van der Waals surface area contributed by atoms with Crippen molar-refractivity contribution in [2.45, 2.75) is 33.1 Å². The number of nitrogens with zero attached hydrogens (tertiary/aromatic N) is 1. The monoisotopic (exact) mass is 336 g/mol. The summed E-state index contributed by atoms with van der Waals surface area (Å²) in [6, 6.07) is 15.6. The van der Waals surface area contributed by atoms with Gasteiger partial charge in [-0.3, -0.25) is 9.59 Å². The van der Waals surface area contributed by atoms with Gasteiger partial charge in [0.15, 0.2) is 0 Å². The fraction of sp³-hybridized carbons (Fsp3) is 0.333. The molecule has 1 saturated heterocycles. The van der Waals surface area contributed by atoms with Crippen LogP contribution >= 0.6 is 0 Å². The van der Waals surface area contributed by atoms with E-state index in [1.54, 1.807) is 0 Å². The lowest BCUT2D eigenvalue weighted by Gasteiger charge is -2.23. The molecule has 0 spiro atoms. The molecule has 25 heavy (non-hydrogen) atoms. The van der Waals surface area contributed by atoms with Gasteiger partial charge in [-0.25, -0.2) is 0 Å². The first-order valence-corrected chi connectivity index (χ1v) is 8.91. The zero-order valence-electron chi connectivity index (χ0n) is 14.8. The van der Waals surface area contributed by atoms with Gasteiger partial charge in [0.25, 0.3) is 0 Å². The summed E-state index contributed by atoms with van der Waals surface area (Å²) < 4.78 is 0. The van der Waals surface area contributed by atoms with Crippen LogP contribution in [0.25, 0.3) is 0 Å². The van der Waals surface area contributed by atoms with Crippen molar-refractivity contribution in [3.05, 3.63) is 59.7 Å². The Bertz CT molecular complexity index is 748. The summed E-state index contributed by atoms with van der Waals surface area (Å²) in [5.74, 6) is -0.375. The molecule has 130 valence electrons. The standard InChI is InChI=1S/C21H24N2O2/c1-3-15-9-8-10-16(4-2)20(15)23-14-17(13-19(23)24)21(25)22-18-11-6-5-7-12-18/h5-12,17H,3-4,13-14H2,1-2H3,(H,22,25)/t17-/m1/s1. The third-order valence-corrected chi connectivity index (χ3v) is 4.77. The smallest absolute Gasteiger partial charge is 0.229 e. The van der Waals surface area contributed by atoms with E-state index in [9.17, 15) is 9.59 Å². The summed E-state index contributed by atoms with van der Waals surface area (Å²) >= 11 is 0. The Hall–Kier alpha value is -2.62. The zero-order valence-corrected chi connectivity index (χ0v) is 14.8. The van der Waals surface area contributed by atoms with Crippen LogP contribution in [-0.4, -0.2) is 18.4 Å². The summed E-state index contributed by atoms with van der Waals surface area (Å²) in [4.78, 5) is 27.0. The Morgan fingerprint density at radius 3 is 2.28 bits per heavy atom. The fourth-order valence-corrected chi connectivity index (χ4v) is 3.43. The molecule has 2 aromatic carbocycles. The molecule has 1 atom stereocenters. The summed E-state index contributed by atoms with van der Waals surface area (Å²) in [6.07, 6.45) is 2.00. The second kappa shape index (κ2) is 7.51. The molecule has 4 nitrogen and oxygen atoms in total. The number of para-hydroxylation sites is 2. The molecule has 0 unspecified atom stereocenters. The maximum Gasteiger partial charge on any atom is 0.229 e. The highest BCUT2D eigenvalue weighted by atomic mass is 16.2. The Labute approximate surface area is 148 Å². The SMILES string of the molecule is CCc1cccc(CC)c1N1C[C@H](C(=O)Nc2ccccc2)CC1=O. The lowest BCUT2D eigenvalue weighted by atomic mass is 10.0. The van der Waals surface area contributed by atoms with Gasteiger partial charge in [0.2, 0.25) is 11.8 Å². The molecule has 0 aromatic heterocycles. The predicted octanol–water partition coefficient (Wildman–Crippen LogP) is 3.80. The molecule has 1 aliphatic heterocycles. The van der Waals surface area contributed by atoms with Gasteiger partial charge in [-0.05, 0) is 36.1 Å². The van der Waals surface area contributed by atoms with E-state index in [1.165, 1.54) is 0 Å². The number of carbonyl (C=O) groups excluding carboxylic acids is 2. The van der Waals surface area contributed by atoms with E-state index in [0.717, 1.165) is 35.3 Å². The first-order chi connectivity index (χ1) is 12.1. The van der Waals surface area contributed by atoms with E-state index in [0.29, 0.717) is 6.54 Å². The van der Waals surface area contributed by atoms with Crippen molar-refractivity contribution in [1.29, 1.82) is 0 Å². The zero-order chi connectivity index (χ0) is 17.8. The molecular formula is C21H24N2O2. The minimum absolute atomic E-state index is 0.0313. The third kappa shape index (κ3) is 3.58. The van der Waals surface area contributed by atoms with Crippen LogP contribution in [0.2, 0.25) is 0 Å². The van der Waals surface area contributed by atoms with Crippen molar-refractivity contribution in [3.8, 4) is 0 Å². The highest BCUT2D eigenvalue weighted by Gasteiger charge is 2.36. The van der Waals surface area contributed by atoms with E-state index in [-0.39, 0.29) is 24.2 Å². The summed E-state index contributed by atoms with van der Waals surface area (Å²) in [6.45, 7) is 4.64. The number of anilines is 2. The second-order valence-electron chi connectivity index (χ2n) is 6.39. The molecular weight excluding hydrogens is 312 g/mol. The number of nitrogens with one attached hydrogen (secondary N) is 1. The van der Waals surface area contributed by atoms with E-state index in [1.807, 2.05) is 41.3 Å². The number of rotatable bonds is 5. The summed E-state index contributed by atoms with van der Waals surface area (Å²) in [5.41, 5.74) is 4.10. The maximum absolute atomic E-state index is 12.6. The van der Waals surface area contributed by atoms with Crippen molar-refractivity contribution < 1.29 is 9.59 Å². The van der Waals surface area contributed by atoms with Gasteiger partial charge < -0.3 is 10.2 Å². The fourth-order valence-electron chi connectivity index (χ4n) is 3.43. The lowest BCUT2D eigenvalue weighted by Crippen LogP contribution is -2.29. The third-order valence-electron chi connectivity index (χ3n) is 4.77. The van der Waals surface area contributed by atoms with E-state index in [4.69, 9.17) is 0 Å². The first-order valence-electron chi connectivity index (χ1n) is 8.91. The van der Waals surface area contributed by atoms with Gasteiger partial charge in [0.05, 0.1) is 5.92 Å². The van der Waals surface area contributed by atoms with Crippen molar-refractivity contribution in [2.75, 3.05) is 16.8 Å². The molecule has 1 fully saturated rings. The van der Waals surface area contributed by atoms with Crippen LogP contribution in [-0.2, 0) is 22.4 Å². The Morgan fingerprint density at radius 2 is 1.68 bits per heavy atom. The first kappa shape index (κ1) is 17.2. The Morgan fingerprint density at radius 1 is 1.04 bits per heavy atom. The Kier molecular flexibility index (Phi) is 5.17. The molecule has 1 heterocycles. The summed E-state index contributed by atoms with van der Waals surface area (Å²) in [5, 5.41) is 2.92. The van der Waals surface area contributed by atoms with Gasteiger partial charge in [-0.15, -0.1) is 0 Å². The van der Waals surface area contributed by atoms with Crippen molar-refractivity contribution in [1.82, 2.24) is 0 Å². The van der Waals surface area contributed by atoms with Gasteiger partial charge >= 0.3 is 0 Å². The minimum atomic E-state index is -0.317. The van der Waals surface area contributed by atoms with Crippen LogP contribution in [0.1, 0.15) is 31.4 Å². The molecule has 0 aliphatic carbocycles. The highest BCUT2D eigenvalue weighted by molar-refractivity contribution is 6.04. The summed E-state index contributed by atoms with van der Waals surface area (Å²) in [7, 11) is 0. The second-order valence-corrected chi connectivity index (χ2v) is 6.39. The maximum atomic E-state index is 12.6. The molecule has 4 heteroatoms. The molecule has 3 rings (SSSR count). The van der Waals surface area contributed by atoms with Crippen molar-refractivity contribution in [2.24, 2.45) is 5.92 Å². The van der Waals surface area contributed by atoms with Crippen molar-refractivity contribution in [3.63, 3.8) is 0 Å². The van der Waals surface area contributed by atoms with Crippen LogP contribution in [0.3, 0.4) is 0 Å². The van der Waals surface area contributed by atoms with E-state index < -0.39 is 0 Å². The number of amides is 2. The largest absolute Gasteiger partial charge is 0.326 e. The lowest BCUT2D eigenvalue weighted by molar-refractivity contribution is -0.122. The van der Waals surface area contributed by atoms with Crippen molar-refractivity contribution >= 4 is 23.2 Å². The number of carbonyl (C=O) groups is 2. The highest BCUT2D eigenvalue weighted by Crippen LogP contribution is 2.32. The van der Waals surface area contributed by atoms with Crippen LogP contribution in [0.4, 0.5) is 11.4 Å². The average molecular weight is 336 g/mol. The topological polar surface area (TPSA) is 49.4 Å². The van der Waals surface area contributed by atoms with E-state index in [2.05, 4.69) is 31.3 Å². The minimum Gasteiger partial charge on any atom is -0.326 e. The Balaban J connectivity index is 1.80. The number of hydrogen-bond donors (Lipinski definition) is 1. The molecule has 0 bridgehead atoms. The molecule has 1 N–H and O–H groups in total. The quantitative estimate of drug-likeness (QED) is 0.903. The number of benzene rings is 2. The normalized spacial score (nSPS) is 17.0. The van der Waals surface area contributed by atoms with Crippen LogP contribution < -0.4 is 10.2 Å². The van der Waals surface area contributed by atoms with Gasteiger partial charge in [0.1, 0.15) is 0 Å². The molecule has 2 amide bonds. The van der Waals surface area contributed by atoms with Crippen LogP contribution in [0.5, 0.6) is 0 Å². The average Bonchev–Trinajstić information content (AvgIpc) is 3.03. The molecule has 1 aliphatic rings. The molecule has 2 aromatic rings. The number of hydrogen-bond acceptors (Lipinski definition) is 2. The van der Waals surface area contributed by atoms with Crippen LogP contribution in [0.15, 0.2) is 48.5 Å². The van der Waals surface area contributed by atoms with Crippen LogP contribution in [0, 0.1) is 5.92 Å². The predicted molar refractivity (Wildman–Crippen MR) is 101 cm³/mol. The van der Waals surface area contributed by atoms with Gasteiger partial charge in [0, 0.05) is 24.3 Å². The van der Waals surface area contributed by atoms with Gasteiger partial charge in [-0.1, -0.05) is 50.2 Å². The van der Waals surface area contributed by atoms with Gasteiger partial charge in [-0.2, -0.15) is 0 Å². The molecule has 0 radical (unpaired) electrons. The number of aryl methyl sites for hydroxylation is 2.